The molecule has 4 rings (SSSR count). The number of aromatic nitrogens is 2. The van der Waals surface area contributed by atoms with E-state index in [2.05, 4.69) is 10.4 Å². The second-order valence-electron chi connectivity index (χ2n) is 6.62. The molecule has 6 nitrogen and oxygen atoms in total. The Bertz CT molecular complexity index is 1220. The van der Waals surface area contributed by atoms with Crippen molar-refractivity contribution in [3.8, 4) is 5.75 Å². The number of ether oxygens (including phenoxy) is 1. The van der Waals surface area contributed by atoms with Crippen LogP contribution < -0.4 is 10.1 Å². The molecule has 2 heterocycles. The van der Waals surface area contributed by atoms with Crippen molar-refractivity contribution in [2.75, 3.05) is 5.32 Å². The van der Waals surface area contributed by atoms with Gasteiger partial charge in [-0.05, 0) is 42.0 Å². The maximum Gasteiger partial charge on any atom is 0.291 e. The summed E-state index contributed by atoms with van der Waals surface area (Å²) < 4.78 is 12.9. The normalized spacial score (nSPS) is 10.8. The summed E-state index contributed by atoms with van der Waals surface area (Å²) in [7, 11) is 0. The van der Waals surface area contributed by atoms with Crippen LogP contribution in [0.25, 0.3) is 0 Å². The number of amides is 1. The first kappa shape index (κ1) is 21.3. The van der Waals surface area contributed by atoms with E-state index in [1.807, 2.05) is 18.2 Å². The van der Waals surface area contributed by atoms with Gasteiger partial charge in [-0.3, -0.25) is 9.48 Å². The molecule has 0 aliphatic carbocycles. The zero-order chi connectivity index (χ0) is 21.8. The average molecular weight is 477 g/mol. The van der Waals surface area contributed by atoms with Gasteiger partial charge < -0.3 is 14.5 Å². The second kappa shape index (κ2) is 9.47. The van der Waals surface area contributed by atoms with Gasteiger partial charge in [-0.25, -0.2) is 0 Å². The van der Waals surface area contributed by atoms with E-state index in [1.54, 1.807) is 53.5 Å². The van der Waals surface area contributed by atoms with E-state index >= 15 is 0 Å². The van der Waals surface area contributed by atoms with Crippen molar-refractivity contribution in [3.05, 3.63) is 99.1 Å². The maximum absolute atomic E-state index is 12.6. The number of anilines is 1. The minimum Gasteiger partial charge on any atom is -0.484 e. The Morgan fingerprint density at radius 3 is 2.74 bits per heavy atom. The van der Waals surface area contributed by atoms with Crippen LogP contribution in [0, 0.1) is 0 Å². The lowest BCUT2D eigenvalue weighted by Crippen LogP contribution is -2.11. The Balaban J connectivity index is 1.37. The molecular weight excluding hydrogens is 461 g/mol. The summed E-state index contributed by atoms with van der Waals surface area (Å²) >= 11 is 18.0. The standard InChI is InChI=1S/C22H16Cl3N3O3/c23-15-10-26-28(12-15)11-14-3-1-4-16(9-14)27-22(29)20-8-7-17(31-20)13-30-19-6-2-5-18(24)21(19)25/h1-10,12H,11,13H2,(H,27,29). The van der Waals surface area contributed by atoms with Gasteiger partial charge in [-0.1, -0.05) is 53.0 Å². The molecule has 0 saturated heterocycles. The fraction of sp³-hybridized carbons (Fsp3) is 0.0909. The van der Waals surface area contributed by atoms with Crippen molar-refractivity contribution in [1.29, 1.82) is 0 Å². The third kappa shape index (κ3) is 5.41. The fourth-order valence-corrected chi connectivity index (χ4v) is 3.38. The van der Waals surface area contributed by atoms with E-state index < -0.39 is 0 Å². The fourth-order valence-electron chi connectivity index (χ4n) is 2.87. The molecule has 0 unspecified atom stereocenters. The van der Waals surface area contributed by atoms with E-state index in [4.69, 9.17) is 44.0 Å². The van der Waals surface area contributed by atoms with Gasteiger partial charge in [0.2, 0.25) is 0 Å². The van der Waals surface area contributed by atoms with Crippen molar-refractivity contribution in [3.63, 3.8) is 0 Å². The van der Waals surface area contributed by atoms with E-state index in [1.165, 1.54) is 0 Å². The van der Waals surface area contributed by atoms with Gasteiger partial charge in [0.25, 0.3) is 5.91 Å². The lowest BCUT2D eigenvalue weighted by atomic mass is 10.2. The van der Waals surface area contributed by atoms with Crippen molar-refractivity contribution in [2.24, 2.45) is 0 Å². The summed E-state index contributed by atoms with van der Waals surface area (Å²) in [4.78, 5) is 12.6. The molecule has 1 amide bonds. The summed E-state index contributed by atoms with van der Waals surface area (Å²) in [5.41, 5.74) is 1.60. The van der Waals surface area contributed by atoms with Gasteiger partial charge in [-0.2, -0.15) is 5.10 Å². The van der Waals surface area contributed by atoms with Crippen LogP contribution in [0.2, 0.25) is 15.1 Å². The molecule has 31 heavy (non-hydrogen) atoms. The molecule has 0 fully saturated rings. The van der Waals surface area contributed by atoms with Crippen molar-refractivity contribution in [1.82, 2.24) is 9.78 Å². The van der Waals surface area contributed by atoms with Crippen molar-refractivity contribution < 1.29 is 13.9 Å². The number of nitrogens with one attached hydrogen (secondary N) is 1. The average Bonchev–Trinajstić information content (AvgIpc) is 3.38. The zero-order valence-corrected chi connectivity index (χ0v) is 18.3. The third-order valence-corrected chi connectivity index (χ3v) is 5.30. The molecule has 158 valence electrons. The first-order valence-electron chi connectivity index (χ1n) is 9.22. The van der Waals surface area contributed by atoms with Crippen LogP contribution in [0.3, 0.4) is 0 Å². The van der Waals surface area contributed by atoms with Gasteiger partial charge in [-0.15, -0.1) is 0 Å². The molecular formula is C22H16Cl3N3O3. The molecule has 9 heteroatoms. The van der Waals surface area contributed by atoms with Crippen LogP contribution in [0.4, 0.5) is 5.69 Å². The van der Waals surface area contributed by atoms with Crippen LogP contribution in [0.1, 0.15) is 21.9 Å². The van der Waals surface area contributed by atoms with E-state index in [9.17, 15) is 4.79 Å². The minimum absolute atomic E-state index is 0.106. The molecule has 0 aliphatic heterocycles. The summed E-state index contributed by atoms with van der Waals surface area (Å²) in [6.07, 6.45) is 3.31. The van der Waals surface area contributed by atoms with E-state index in [-0.39, 0.29) is 18.3 Å². The highest BCUT2D eigenvalue weighted by Gasteiger charge is 2.13. The number of furan rings is 1. The number of carbonyl (C=O) groups excluding carboxylic acids is 1. The summed E-state index contributed by atoms with van der Waals surface area (Å²) in [6, 6.07) is 15.8. The zero-order valence-electron chi connectivity index (χ0n) is 16.0. The predicted octanol–water partition coefficient (Wildman–Crippen LogP) is 6.32. The SMILES string of the molecule is O=C(Nc1cccc(Cn2cc(Cl)cn2)c1)c1ccc(COc2cccc(Cl)c2Cl)o1. The number of hydrogen-bond donors (Lipinski definition) is 1. The van der Waals surface area contributed by atoms with Gasteiger partial charge in [0.1, 0.15) is 23.1 Å². The van der Waals surface area contributed by atoms with E-state index in [0.29, 0.717) is 38.8 Å². The second-order valence-corrected chi connectivity index (χ2v) is 7.84. The van der Waals surface area contributed by atoms with Crippen LogP contribution in [-0.4, -0.2) is 15.7 Å². The molecule has 0 atom stereocenters. The Morgan fingerprint density at radius 1 is 1.10 bits per heavy atom. The van der Waals surface area contributed by atoms with E-state index in [0.717, 1.165) is 5.56 Å². The largest absolute Gasteiger partial charge is 0.484 e. The maximum atomic E-state index is 12.6. The van der Waals surface area contributed by atoms with Crippen LogP contribution in [-0.2, 0) is 13.2 Å². The first-order chi connectivity index (χ1) is 15.0. The predicted molar refractivity (Wildman–Crippen MR) is 120 cm³/mol. The Labute approximate surface area is 193 Å². The Morgan fingerprint density at radius 2 is 1.94 bits per heavy atom. The number of halogens is 3. The lowest BCUT2D eigenvalue weighted by Gasteiger charge is -2.08. The van der Waals surface area contributed by atoms with Gasteiger partial charge >= 0.3 is 0 Å². The van der Waals surface area contributed by atoms with Gasteiger partial charge in [0, 0.05) is 11.9 Å². The molecule has 2 aromatic carbocycles. The Hall–Kier alpha value is -2.93. The molecule has 1 N–H and O–H groups in total. The lowest BCUT2D eigenvalue weighted by molar-refractivity contribution is 0.0992. The molecule has 2 aromatic heterocycles. The molecule has 0 aliphatic rings. The minimum atomic E-state index is -0.369. The molecule has 0 spiro atoms. The number of rotatable bonds is 7. The Kier molecular flexibility index (Phi) is 6.51. The van der Waals surface area contributed by atoms with Crippen LogP contribution in [0.15, 0.2) is 71.4 Å². The number of hydrogen-bond acceptors (Lipinski definition) is 4. The van der Waals surface area contributed by atoms with Crippen molar-refractivity contribution >= 4 is 46.4 Å². The number of benzene rings is 2. The van der Waals surface area contributed by atoms with Crippen LogP contribution in [0.5, 0.6) is 5.75 Å². The highest BCUT2D eigenvalue weighted by Crippen LogP contribution is 2.32. The smallest absolute Gasteiger partial charge is 0.291 e. The summed E-state index contributed by atoms with van der Waals surface area (Å²) in [6.45, 7) is 0.639. The molecule has 0 saturated carbocycles. The monoisotopic (exact) mass is 475 g/mol. The quantitative estimate of drug-likeness (QED) is 0.339. The highest BCUT2D eigenvalue weighted by molar-refractivity contribution is 6.42. The van der Waals surface area contributed by atoms with Crippen LogP contribution >= 0.6 is 34.8 Å². The third-order valence-electron chi connectivity index (χ3n) is 4.30. The summed E-state index contributed by atoms with van der Waals surface area (Å²) in [5, 5.41) is 8.28. The number of carbonyl (C=O) groups is 1. The molecule has 4 aromatic rings. The summed E-state index contributed by atoms with van der Waals surface area (Å²) in [5.74, 6) is 0.712. The van der Waals surface area contributed by atoms with Crippen molar-refractivity contribution in [2.45, 2.75) is 13.2 Å². The topological polar surface area (TPSA) is 69.3 Å². The number of nitrogens with zero attached hydrogens (tertiary/aromatic N) is 2. The van der Waals surface area contributed by atoms with Gasteiger partial charge in [0.15, 0.2) is 5.76 Å². The molecule has 0 bridgehead atoms. The first-order valence-corrected chi connectivity index (χ1v) is 10.3. The van der Waals surface area contributed by atoms with Gasteiger partial charge in [0.05, 0.1) is 22.8 Å². The highest BCUT2D eigenvalue weighted by atomic mass is 35.5. The molecule has 0 radical (unpaired) electrons.